The monoisotopic (exact) mass is 321 g/mol. The fourth-order valence-corrected chi connectivity index (χ4v) is 2.36. The maximum atomic E-state index is 12.3. The van der Waals surface area contributed by atoms with Crippen molar-refractivity contribution < 1.29 is 14.7 Å². The van der Waals surface area contributed by atoms with E-state index in [-0.39, 0.29) is 6.42 Å². The molecule has 0 aliphatic heterocycles. The van der Waals surface area contributed by atoms with E-state index in [1.54, 1.807) is 38.2 Å². The van der Waals surface area contributed by atoms with Gasteiger partial charge in [0.15, 0.2) is 5.54 Å². The molecule has 0 bridgehead atoms. The number of carbonyl (C=O) groups excluding carboxylic acids is 1. The number of aliphatic carboxylic acids is 1. The van der Waals surface area contributed by atoms with Gasteiger partial charge in [0.25, 0.3) is 5.91 Å². The average Bonchev–Trinajstić information content (AvgIpc) is 2.92. The van der Waals surface area contributed by atoms with E-state index in [0.29, 0.717) is 16.1 Å². The lowest BCUT2D eigenvalue weighted by atomic mass is 9.87. The standard InChI is InChI=1S/C15H16ClN3O3/c1-3-15(14(21)22,11-4-6-12(16)7-5-11)18-13(20)10-8-17-19(2)9-10/h4-9H,3H2,1-2H3,(H,18,20)(H,21,22). The molecule has 6 nitrogen and oxygen atoms in total. The SMILES string of the molecule is CCC(NC(=O)c1cnn(C)c1)(C(=O)O)c1ccc(Cl)cc1. The summed E-state index contributed by atoms with van der Waals surface area (Å²) in [5.41, 5.74) is -0.753. The number of carboxylic acids is 1. The van der Waals surface area contributed by atoms with Gasteiger partial charge in [-0.15, -0.1) is 0 Å². The molecule has 2 aromatic rings. The molecular formula is C15H16ClN3O3. The molecule has 0 aliphatic rings. The van der Waals surface area contributed by atoms with Crippen LogP contribution in [-0.4, -0.2) is 26.8 Å². The van der Waals surface area contributed by atoms with Gasteiger partial charge in [-0.3, -0.25) is 9.48 Å². The van der Waals surface area contributed by atoms with E-state index in [9.17, 15) is 14.7 Å². The molecule has 1 aromatic heterocycles. The minimum atomic E-state index is -1.52. The van der Waals surface area contributed by atoms with Gasteiger partial charge in [-0.1, -0.05) is 30.7 Å². The van der Waals surface area contributed by atoms with Gasteiger partial charge in [0.2, 0.25) is 0 Å². The molecule has 0 aliphatic carbocycles. The fourth-order valence-electron chi connectivity index (χ4n) is 2.23. The van der Waals surface area contributed by atoms with Crippen LogP contribution in [-0.2, 0) is 17.4 Å². The number of amides is 1. The molecule has 0 fully saturated rings. The third-order valence-corrected chi connectivity index (χ3v) is 3.78. The summed E-state index contributed by atoms with van der Waals surface area (Å²) in [6, 6.07) is 6.40. The van der Waals surface area contributed by atoms with E-state index < -0.39 is 17.4 Å². The predicted octanol–water partition coefficient (Wildman–Crippen LogP) is 2.19. The Morgan fingerprint density at radius 1 is 1.36 bits per heavy atom. The molecule has 7 heteroatoms. The van der Waals surface area contributed by atoms with Crippen molar-refractivity contribution in [1.29, 1.82) is 0 Å². The number of rotatable bonds is 5. The number of aryl methyl sites for hydroxylation is 1. The number of carbonyl (C=O) groups is 2. The Hall–Kier alpha value is -2.34. The third kappa shape index (κ3) is 2.96. The first-order valence-corrected chi connectivity index (χ1v) is 7.07. The lowest BCUT2D eigenvalue weighted by Crippen LogP contribution is -2.51. The number of nitrogens with zero attached hydrogens (tertiary/aromatic N) is 2. The van der Waals surface area contributed by atoms with E-state index in [4.69, 9.17) is 11.6 Å². The van der Waals surface area contributed by atoms with Crippen LogP contribution in [0.25, 0.3) is 0 Å². The first kappa shape index (κ1) is 16.0. The molecule has 0 radical (unpaired) electrons. The number of carboxylic acid groups (broad SMARTS) is 1. The van der Waals surface area contributed by atoms with Gasteiger partial charge in [-0.2, -0.15) is 5.10 Å². The van der Waals surface area contributed by atoms with E-state index in [1.165, 1.54) is 17.1 Å². The van der Waals surface area contributed by atoms with Crippen molar-refractivity contribution in [3.63, 3.8) is 0 Å². The molecule has 22 heavy (non-hydrogen) atoms. The summed E-state index contributed by atoms with van der Waals surface area (Å²) in [7, 11) is 1.68. The van der Waals surface area contributed by atoms with Gasteiger partial charge in [0.05, 0.1) is 11.8 Å². The van der Waals surface area contributed by atoms with Crippen LogP contribution in [0, 0.1) is 0 Å². The molecule has 2 rings (SSSR count). The summed E-state index contributed by atoms with van der Waals surface area (Å²) in [5, 5.41) is 16.7. The maximum Gasteiger partial charge on any atom is 0.334 e. The van der Waals surface area contributed by atoms with Gasteiger partial charge < -0.3 is 10.4 Å². The van der Waals surface area contributed by atoms with Gasteiger partial charge in [-0.25, -0.2) is 4.79 Å². The topological polar surface area (TPSA) is 84.2 Å². The highest BCUT2D eigenvalue weighted by Crippen LogP contribution is 2.27. The Kier molecular flexibility index (Phi) is 4.51. The first-order valence-electron chi connectivity index (χ1n) is 6.69. The Bertz CT molecular complexity index is 696. The van der Waals surface area contributed by atoms with E-state index in [1.807, 2.05) is 0 Å². The fraction of sp³-hybridized carbons (Fsp3) is 0.267. The molecule has 0 saturated heterocycles. The van der Waals surface area contributed by atoms with Crippen molar-refractivity contribution in [2.24, 2.45) is 7.05 Å². The van der Waals surface area contributed by atoms with Crippen molar-refractivity contribution in [3.8, 4) is 0 Å². The van der Waals surface area contributed by atoms with Crippen molar-refractivity contribution in [1.82, 2.24) is 15.1 Å². The van der Waals surface area contributed by atoms with Crippen molar-refractivity contribution in [2.45, 2.75) is 18.9 Å². The first-order chi connectivity index (χ1) is 10.4. The van der Waals surface area contributed by atoms with Crippen LogP contribution in [0.5, 0.6) is 0 Å². The normalized spacial score (nSPS) is 13.4. The highest BCUT2D eigenvalue weighted by molar-refractivity contribution is 6.30. The Labute approximate surface area is 132 Å². The van der Waals surface area contributed by atoms with Crippen molar-refractivity contribution >= 4 is 23.5 Å². The lowest BCUT2D eigenvalue weighted by molar-refractivity contribution is -0.145. The molecule has 1 heterocycles. The summed E-state index contributed by atoms with van der Waals surface area (Å²) in [5.74, 6) is -1.62. The van der Waals surface area contributed by atoms with Crippen LogP contribution >= 0.6 is 11.6 Å². The molecule has 1 amide bonds. The summed E-state index contributed by atoms with van der Waals surface area (Å²) in [6.07, 6.45) is 3.11. The molecule has 2 N–H and O–H groups in total. The van der Waals surface area contributed by atoms with Crippen LogP contribution in [0.4, 0.5) is 0 Å². The highest BCUT2D eigenvalue weighted by atomic mass is 35.5. The number of halogens is 1. The van der Waals surface area contributed by atoms with Crippen LogP contribution < -0.4 is 5.32 Å². The number of hydrogen-bond donors (Lipinski definition) is 2. The molecule has 0 spiro atoms. The van der Waals surface area contributed by atoms with Gasteiger partial charge in [0.1, 0.15) is 0 Å². The number of aromatic nitrogens is 2. The second-order valence-corrected chi connectivity index (χ2v) is 5.36. The van der Waals surface area contributed by atoms with Crippen LogP contribution in [0.15, 0.2) is 36.7 Å². The second kappa shape index (κ2) is 6.19. The van der Waals surface area contributed by atoms with Gasteiger partial charge >= 0.3 is 5.97 Å². The number of hydrogen-bond acceptors (Lipinski definition) is 3. The Morgan fingerprint density at radius 2 is 2.00 bits per heavy atom. The summed E-state index contributed by atoms with van der Waals surface area (Å²) in [4.78, 5) is 24.2. The lowest BCUT2D eigenvalue weighted by Gasteiger charge is -2.29. The zero-order valence-electron chi connectivity index (χ0n) is 12.2. The van der Waals surface area contributed by atoms with Crippen LogP contribution in [0.3, 0.4) is 0 Å². The minimum absolute atomic E-state index is 0.190. The molecule has 1 aromatic carbocycles. The minimum Gasteiger partial charge on any atom is -0.479 e. The van der Waals surface area contributed by atoms with E-state index >= 15 is 0 Å². The van der Waals surface area contributed by atoms with Gasteiger partial charge in [0, 0.05) is 18.3 Å². The number of benzene rings is 1. The zero-order valence-corrected chi connectivity index (χ0v) is 13.0. The van der Waals surface area contributed by atoms with Gasteiger partial charge in [-0.05, 0) is 24.1 Å². The predicted molar refractivity (Wildman–Crippen MR) is 81.7 cm³/mol. The summed E-state index contributed by atoms with van der Waals surface area (Å²) >= 11 is 5.84. The van der Waals surface area contributed by atoms with E-state index in [2.05, 4.69) is 10.4 Å². The highest BCUT2D eigenvalue weighted by Gasteiger charge is 2.40. The quantitative estimate of drug-likeness (QED) is 0.884. The van der Waals surface area contributed by atoms with Crippen molar-refractivity contribution in [3.05, 3.63) is 52.8 Å². The Morgan fingerprint density at radius 3 is 2.45 bits per heavy atom. The number of nitrogens with one attached hydrogen (secondary N) is 1. The van der Waals surface area contributed by atoms with Crippen LogP contribution in [0.1, 0.15) is 29.3 Å². The molecule has 0 saturated carbocycles. The van der Waals surface area contributed by atoms with E-state index in [0.717, 1.165) is 0 Å². The summed E-state index contributed by atoms with van der Waals surface area (Å²) in [6.45, 7) is 1.70. The average molecular weight is 322 g/mol. The maximum absolute atomic E-state index is 12.3. The summed E-state index contributed by atoms with van der Waals surface area (Å²) < 4.78 is 1.48. The molecule has 1 atom stereocenters. The largest absolute Gasteiger partial charge is 0.479 e. The smallest absolute Gasteiger partial charge is 0.334 e. The molecule has 1 unspecified atom stereocenters. The molecule has 116 valence electrons. The zero-order chi connectivity index (χ0) is 16.3. The Balaban J connectivity index is 2.39. The second-order valence-electron chi connectivity index (χ2n) is 4.93. The van der Waals surface area contributed by atoms with Crippen molar-refractivity contribution in [2.75, 3.05) is 0 Å². The van der Waals surface area contributed by atoms with Crippen LogP contribution in [0.2, 0.25) is 5.02 Å². The third-order valence-electron chi connectivity index (χ3n) is 3.53. The molecular weight excluding hydrogens is 306 g/mol.